The molecule has 2 aliphatic rings. The van der Waals surface area contributed by atoms with Crippen LogP contribution in [0.3, 0.4) is 0 Å². The molecule has 1 N–H and O–H groups in total. The van der Waals surface area contributed by atoms with Gasteiger partial charge in [-0.05, 0) is 49.6 Å². The van der Waals surface area contributed by atoms with Gasteiger partial charge in [0.1, 0.15) is 11.5 Å². The van der Waals surface area contributed by atoms with Crippen LogP contribution in [0.25, 0.3) is 0 Å². The third kappa shape index (κ3) is 3.60. The van der Waals surface area contributed by atoms with Gasteiger partial charge in [-0.3, -0.25) is 4.79 Å². The van der Waals surface area contributed by atoms with Gasteiger partial charge in [0.2, 0.25) is 0 Å². The van der Waals surface area contributed by atoms with Crippen molar-refractivity contribution in [3.05, 3.63) is 59.7 Å². The van der Waals surface area contributed by atoms with Gasteiger partial charge in [-0.2, -0.15) is 0 Å². The number of methoxy groups -OCH3 is 2. The average molecular weight is 395 g/mol. The van der Waals surface area contributed by atoms with Gasteiger partial charge in [-0.25, -0.2) is 0 Å². The number of fused-ring (bicyclic) bond motifs is 1. The van der Waals surface area contributed by atoms with Gasteiger partial charge in [0, 0.05) is 23.6 Å². The van der Waals surface area contributed by atoms with Crippen molar-refractivity contribution in [1.29, 1.82) is 0 Å². The van der Waals surface area contributed by atoms with E-state index in [4.69, 9.17) is 9.47 Å². The Bertz CT molecular complexity index is 868. The van der Waals surface area contributed by atoms with E-state index in [0.29, 0.717) is 18.5 Å². The summed E-state index contributed by atoms with van der Waals surface area (Å²) in [5, 5.41) is 11.5. The first-order chi connectivity index (χ1) is 14.1. The summed E-state index contributed by atoms with van der Waals surface area (Å²) in [5.41, 5.74) is 0.826. The lowest BCUT2D eigenvalue weighted by Gasteiger charge is -2.52. The molecule has 0 bridgehead atoms. The van der Waals surface area contributed by atoms with E-state index >= 15 is 0 Å². The highest BCUT2D eigenvalue weighted by atomic mass is 16.5. The molecule has 3 atom stereocenters. The smallest absolute Gasteiger partial charge is 0.254 e. The van der Waals surface area contributed by atoms with E-state index in [2.05, 4.69) is 0 Å². The summed E-state index contributed by atoms with van der Waals surface area (Å²) < 4.78 is 11.1. The fourth-order valence-corrected chi connectivity index (χ4v) is 5.11. The first-order valence-electron chi connectivity index (χ1n) is 10.4. The van der Waals surface area contributed by atoms with E-state index in [9.17, 15) is 9.90 Å². The second-order valence-corrected chi connectivity index (χ2v) is 8.12. The largest absolute Gasteiger partial charge is 0.497 e. The van der Waals surface area contributed by atoms with Gasteiger partial charge in [-0.15, -0.1) is 0 Å². The molecule has 5 heteroatoms. The number of rotatable bonds is 4. The molecule has 0 aromatic heterocycles. The topological polar surface area (TPSA) is 59.0 Å². The summed E-state index contributed by atoms with van der Waals surface area (Å²) in [5.74, 6) is 1.40. The molecule has 1 amide bonds. The highest BCUT2D eigenvalue weighted by Gasteiger charge is 2.51. The van der Waals surface area contributed by atoms with Crippen molar-refractivity contribution in [2.45, 2.75) is 43.7 Å². The zero-order valence-electron chi connectivity index (χ0n) is 17.1. The monoisotopic (exact) mass is 395 g/mol. The lowest BCUT2D eigenvalue weighted by molar-refractivity contribution is -0.115. The number of carbonyl (C=O) groups is 1. The van der Waals surface area contributed by atoms with Crippen LogP contribution in [0.2, 0.25) is 0 Å². The summed E-state index contributed by atoms with van der Waals surface area (Å²) in [6.07, 6.45) is 4.37. The van der Waals surface area contributed by atoms with Crippen LogP contribution >= 0.6 is 0 Å². The molecule has 0 spiro atoms. The molecule has 154 valence electrons. The molecule has 1 aliphatic carbocycles. The number of aliphatic hydroxyl groups is 1. The third-order valence-electron chi connectivity index (χ3n) is 6.60. The zero-order valence-corrected chi connectivity index (χ0v) is 17.1. The standard InChI is InChI=1S/C24H29NO4/c1-28-18-11-12-21(29-2)19(16-18)22-20-10-6-7-13-24(20,27)14-15-25(22)23(26)17-8-4-3-5-9-17/h3-5,8-9,11-12,16,20,22,27H,6-7,10,13-15H2,1-2H3/t20-,22+,24+/m0/s1. The minimum Gasteiger partial charge on any atom is -0.497 e. The summed E-state index contributed by atoms with van der Waals surface area (Å²) in [6.45, 7) is 0.520. The zero-order chi connectivity index (χ0) is 20.4. The molecular weight excluding hydrogens is 366 g/mol. The van der Waals surface area contributed by atoms with Gasteiger partial charge in [-0.1, -0.05) is 31.0 Å². The number of amides is 1. The van der Waals surface area contributed by atoms with E-state index in [0.717, 1.165) is 42.7 Å². The Morgan fingerprint density at radius 2 is 1.86 bits per heavy atom. The second-order valence-electron chi connectivity index (χ2n) is 8.12. The van der Waals surface area contributed by atoms with E-state index in [-0.39, 0.29) is 17.9 Å². The molecule has 1 heterocycles. The average Bonchev–Trinajstić information content (AvgIpc) is 2.77. The molecule has 0 unspecified atom stereocenters. The minimum atomic E-state index is -0.746. The first kappa shape index (κ1) is 19.8. The van der Waals surface area contributed by atoms with Gasteiger partial charge in [0.25, 0.3) is 5.91 Å². The number of nitrogens with zero attached hydrogens (tertiary/aromatic N) is 1. The fraction of sp³-hybridized carbons (Fsp3) is 0.458. The van der Waals surface area contributed by atoms with Gasteiger partial charge >= 0.3 is 0 Å². The summed E-state index contributed by atoms with van der Waals surface area (Å²) in [7, 11) is 3.28. The molecule has 2 aromatic carbocycles. The molecule has 2 fully saturated rings. The highest BCUT2D eigenvalue weighted by Crippen LogP contribution is 2.51. The number of carbonyl (C=O) groups excluding carboxylic acids is 1. The van der Waals surface area contributed by atoms with E-state index < -0.39 is 5.60 Å². The van der Waals surface area contributed by atoms with Crippen molar-refractivity contribution in [3.63, 3.8) is 0 Å². The Labute approximate surface area is 172 Å². The Morgan fingerprint density at radius 3 is 2.59 bits per heavy atom. The molecule has 1 saturated heterocycles. The van der Waals surface area contributed by atoms with Crippen LogP contribution in [0.1, 0.15) is 54.1 Å². The SMILES string of the molecule is COc1ccc(OC)c([C@@H]2[C@@H]3CCCC[C@@]3(O)CCN2C(=O)c2ccccc2)c1. The van der Waals surface area contributed by atoms with Crippen LogP contribution in [0.5, 0.6) is 11.5 Å². The Hall–Kier alpha value is -2.53. The summed E-state index contributed by atoms with van der Waals surface area (Å²) >= 11 is 0. The van der Waals surface area contributed by atoms with Gasteiger partial charge in [0.05, 0.1) is 25.9 Å². The van der Waals surface area contributed by atoms with E-state index in [1.165, 1.54) is 0 Å². The van der Waals surface area contributed by atoms with E-state index in [1.54, 1.807) is 14.2 Å². The molecule has 1 saturated carbocycles. The number of likely N-dealkylation sites (tertiary alicyclic amines) is 1. The number of piperidine rings is 1. The molecule has 4 rings (SSSR count). The van der Waals surface area contributed by atoms with Crippen LogP contribution in [-0.2, 0) is 0 Å². The van der Waals surface area contributed by atoms with Gasteiger partial charge < -0.3 is 19.5 Å². The van der Waals surface area contributed by atoms with Crippen LogP contribution < -0.4 is 9.47 Å². The number of hydrogen-bond donors (Lipinski definition) is 1. The normalized spacial score (nSPS) is 26.5. The predicted octanol–water partition coefficient (Wildman–Crippen LogP) is 4.21. The van der Waals surface area contributed by atoms with Crippen LogP contribution in [0.15, 0.2) is 48.5 Å². The van der Waals surface area contributed by atoms with Crippen LogP contribution in [0, 0.1) is 5.92 Å². The minimum absolute atomic E-state index is 0.00639. The van der Waals surface area contributed by atoms with Gasteiger partial charge in [0.15, 0.2) is 0 Å². The Morgan fingerprint density at radius 1 is 1.07 bits per heavy atom. The molecule has 2 aromatic rings. The molecule has 29 heavy (non-hydrogen) atoms. The van der Waals surface area contributed by atoms with E-state index in [1.807, 2.05) is 53.4 Å². The van der Waals surface area contributed by atoms with Crippen molar-refractivity contribution in [1.82, 2.24) is 4.90 Å². The Balaban J connectivity index is 1.82. The van der Waals surface area contributed by atoms with Crippen molar-refractivity contribution in [2.75, 3.05) is 20.8 Å². The highest BCUT2D eigenvalue weighted by molar-refractivity contribution is 5.94. The van der Waals surface area contributed by atoms with Crippen molar-refractivity contribution >= 4 is 5.91 Å². The predicted molar refractivity (Wildman–Crippen MR) is 111 cm³/mol. The summed E-state index contributed by atoms with van der Waals surface area (Å²) in [6, 6.07) is 14.8. The maximum Gasteiger partial charge on any atom is 0.254 e. The van der Waals surface area contributed by atoms with Crippen molar-refractivity contribution in [2.24, 2.45) is 5.92 Å². The molecular formula is C24H29NO4. The molecule has 5 nitrogen and oxygen atoms in total. The van der Waals surface area contributed by atoms with Crippen LogP contribution in [0.4, 0.5) is 0 Å². The fourth-order valence-electron chi connectivity index (χ4n) is 5.11. The van der Waals surface area contributed by atoms with Crippen molar-refractivity contribution in [3.8, 4) is 11.5 Å². The summed E-state index contributed by atoms with van der Waals surface area (Å²) in [4.78, 5) is 15.4. The van der Waals surface area contributed by atoms with Crippen molar-refractivity contribution < 1.29 is 19.4 Å². The van der Waals surface area contributed by atoms with Crippen LogP contribution in [-0.4, -0.2) is 42.3 Å². The molecule has 1 aliphatic heterocycles. The first-order valence-corrected chi connectivity index (χ1v) is 10.4. The lowest BCUT2D eigenvalue weighted by Crippen LogP contribution is -2.56. The Kier molecular flexibility index (Phi) is 5.50. The number of hydrogen-bond acceptors (Lipinski definition) is 4. The number of benzene rings is 2. The third-order valence-corrected chi connectivity index (χ3v) is 6.60. The maximum absolute atomic E-state index is 13.5. The number of ether oxygens (including phenoxy) is 2. The molecule has 0 radical (unpaired) electrons. The lowest BCUT2D eigenvalue weighted by atomic mass is 9.66. The quantitative estimate of drug-likeness (QED) is 0.842. The second kappa shape index (κ2) is 8.07. The maximum atomic E-state index is 13.5.